The van der Waals surface area contributed by atoms with Crippen LogP contribution in [0.1, 0.15) is 18.1 Å². The van der Waals surface area contributed by atoms with E-state index >= 15 is 0 Å². The van der Waals surface area contributed by atoms with Crippen LogP contribution in [0.2, 0.25) is 0 Å². The van der Waals surface area contributed by atoms with Gasteiger partial charge in [-0.2, -0.15) is 4.31 Å². The van der Waals surface area contributed by atoms with Crippen LogP contribution in [0.15, 0.2) is 53.4 Å². The molecule has 1 amide bonds. The number of hydrogen-bond donors (Lipinski definition) is 2. The van der Waals surface area contributed by atoms with Crippen LogP contribution in [0.4, 0.5) is 0 Å². The maximum Gasteiger partial charge on any atom is 0.262 e. The molecule has 1 aliphatic rings. The van der Waals surface area contributed by atoms with Crippen molar-refractivity contribution in [3.8, 4) is 17.6 Å². The zero-order chi connectivity index (χ0) is 20.1. The van der Waals surface area contributed by atoms with Crippen molar-refractivity contribution in [2.75, 3.05) is 6.61 Å². The molecule has 1 heterocycles. The van der Waals surface area contributed by atoms with Gasteiger partial charge >= 0.3 is 0 Å². The zero-order valence-corrected chi connectivity index (χ0v) is 16.1. The molecule has 2 aromatic carbocycles. The summed E-state index contributed by atoms with van der Waals surface area (Å²) in [6.07, 6.45) is 0.179. The molecule has 0 fully saturated rings. The molecule has 0 spiro atoms. The fourth-order valence-electron chi connectivity index (χ4n) is 3.08. The highest BCUT2D eigenvalue weighted by Gasteiger charge is 2.39. The fraction of sp³-hybridized carbons (Fsp3) is 0.250. The van der Waals surface area contributed by atoms with Crippen molar-refractivity contribution in [2.45, 2.75) is 30.8 Å². The van der Waals surface area contributed by atoms with Crippen molar-refractivity contribution in [1.82, 2.24) is 9.79 Å². The lowest BCUT2D eigenvalue weighted by atomic mass is 9.95. The second kappa shape index (κ2) is 8.44. The molecule has 0 aliphatic carbocycles. The van der Waals surface area contributed by atoms with E-state index < -0.39 is 22.0 Å². The first-order chi connectivity index (χ1) is 13.5. The van der Waals surface area contributed by atoms with Gasteiger partial charge in [0.25, 0.3) is 5.91 Å². The lowest BCUT2D eigenvalue weighted by Crippen LogP contribution is -2.51. The monoisotopic (exact) mass is 400 g/mol. The normalized spacial score (nSPS) is 16.4. The molecule has 146 valence electrons. The van der Waals surface area contributed by atoms with Gasteiger partial charge in [-0.25, -0.2) is 13.9 Å². The van der Waals surface area contributed by atoms with Crippen LogP contribution in [0.5, 0.6) is 5.75 Å². The van der Waals surface area contributed by atoms with Gasteiger partial charge in [0, 0.05) is 6.54 Å². The van der Waals surface area contributed by atoms with Crippen molar-refractivity contribution in [1.29, 1.82) is 0 Å². The molecule has 2 aromatic rings. The Morgan fingerprint density at radius 3 is 2.54 bits per heavy atom. The maximum atomic E-state index is 13.2. The minimum absolute atomic E-state index is 0.0385. The van der Waals surface area contributed by atoms with Gasteiger partial charge in [0.1, 0.15) is 18.4 Å². The van der Waals surface area contributed by atoms with Crippen molar-refractivity contribution < 1.29 is 23.2 Å². The molecule has 8 heteroatoms. The summed E-state index contributed by atoms with van der Waals surface area (Å²) in [5.41, 5.74) is 3.28. The Kier molecular flexibility index (Phi) is 5.99. The molecule has 0 bridgehead atoms. The second-order valence-corrected chi connectivity index (χ2v) is 8.09. The Bertz CT molecular complexity index is 1020. The third-order valence-corrected chi connectivity index (χ3v) is 6.41. The number of fused-ring (bicyclic) bond motifs is 1. The first kappa shape index (κ1) is 19.9. The summed E-state index contributed by atoms with van der Waals surface area (Å²) in [5, 5.41) is 9.08. The van der Waals surface area contributed by atoms with Gasteiger partial charge in [-0.15, -0.1) is 5.92 Å². The number of sulfonamides is 1. The molecule has 2 N–H and O–H groups in total. The molecule has 1 aliphatic heterocycles. The number of ether oxygens (including phenoxy) is 1. The van der Waals surface area contributed by atoms with Gasteiger partial charge in [0.05, 0.1) is 4.90 Å². The van der Waals surface area contributed by atoms with E-state index in [0.717, 1.165) is 15.4 Å². The van der Waals surface area contributed by atoms with E-state index in [1.807, 2.05) is 24.3 Å². The minimum atomic E-state index is -3.97. The Morgan fingerprint density at radius 2 is 1.89 bits per heavy atom. The van der Waals surface area contributed by atoms with Crippen LogP contribution in [0.25, 0.3) is 0 Å². The molecule has 0 aromatic heterocycles. The Balaban J connectivity index is 1.91. The Labute approximate surface area is 163 Å². The average molecular weight is 400 g/mol. The molecular formula is C20H20N2O5S. The van der Waals surface area contributed by atoms with Gasteiger partial charge < -0.3 is 4.74 Å². The van der Waals surface area contributed by atoms with Crippen LogP contribution in [0.3, 0.4) is 0 Å². The predicted molar refractivity (Wildman–Crippen MR) is 102 cm³/mol. The van der Waals surface area contributed by atoms with Crippen LogP contribution < -0.4 is 10.2 Å². The van der Waals surface area contributed by atoms with Gasteiger partial charge in [-0.05, 0) is 48.7 Å². The first-order valence-electron chi connectivity index (χ1n) is 8.62. The van der Waals surface area contributed by atoms with E-state index in [9.17, 15) is 13.2 Å². The van der Waals surface area contributed by atoms with E-state index in [2.05, 4.69) is 11.8 Å². The molecule has 1 atom stereocenters. The molecule has 3 rings (SSSR count). The van der Waals surface area contributed by atoms with Crippen molar-refractivity contribution in [2.24, 2.45) is 0 Å². The van der Waals surface area contributed by atoms with Crippen molar-refractivity contribution >= 4 is 15.9 Å². The molecule has 0 saturated carbocycles. The van der Waals surface area contributed by atoms with Gasteiger partial charge in [-0.3, -0.25) is 10.0 Å². The van der Waals surface area contributed by atoms with Crippen LogP contribution in [-0.4, -0.2) is 36.5 Å². The molecular weight excluding hydrogens is 380 g/mol. The van der Waals surface area contributed by atoms with Crippen molar-refractivity contribution in [3.05, 3.63) is 59.7 Å². The second-order valence-electron chi connectivity index (χ2n) is 6.20. The maximum absolute atomic E-state index is 13.2. The lowest BCUT2D eigenvalue weighted by Gasteiger charge is -2.34. The number of benzene rings is 2. The molecule has 28 heavy (non-hydrogen) atoms. The summed E-state index contributed by atoms with van der Waals surface area (Å²) in [6, 6.07) is 12.2. The number of hydrogen-bond acceptors (Lipinski definition) is 5. The summed E-state index contributed by atoms with van der Waals surface area (Å²) in [6.45, 7) is 1.96. The van der Waals surface area contributed by atoms with E-state index in [0.29, 0.717) is 5.75 Å². The summed E-state index contributed by atoms with van der Waals surface area (Å²) < 4.78 is 32.9. The Morgan fingerprint density at radius 1 is 1.21 bits per heavy atom. The summed E-state index contributed by atoms with van der Waals surface area (Å²) in [5.74, 6) is 5.20. The predicted octanol–water partition coefficient (Wildman–Crippen LogP) is 1.71. The van der Waals surface area contributed by atoms with E-state index in [1.54, 1.807) is 24.5 Å². The third-order valence-electron chi connectivity index (χ3n) is 4.54. The Hall–Kier alpha value is -2.86. The summed E-state index contributed by atoms with van der Waals surface area (Å²) >= 11 is 0. The number of nitrogens with zero attached hydrogens (tertiary/aromatic N) is 1. The third kappa shape index (κ3) is 4.02. The van der Waals surface area contributed by atoms with Crippen LogP contribution >= 0.6 is 0 Å². The smallest absolute Gasteiger partial charge is 0.262 e. The van der Waals surface area contributed by atoms with E-state index in [1.165, 1.54) is 12.1 Å². The molecule has 0 saturated heterocycles. The molecule has 0 unspecified atom stereocenters. The average Bonchev–Trinajstić information content (AvgIpc) is 2.72. The standard InChI is InChI=1S/C20H20N2O5S/c1-2-3-12-27-17-8-10-18(11-9-17)28(25,26)22-14-16-7-5-4-6-15(16)13-19(22)20(23)21-24/h4-11,19,24H,12-14H2,1H3,(H,21,23)/t19-/m1/s1. The number of hydroxylamine groups is 1. The van der Waals surface area contributed by atoms with Gasteiger partial charge in [-0.1, -0.05) is 30.2 Å². The van der Waals surface area contributed by atoms with E-state index in [4.69, 9.17) is 9.94 Å². The topological polar surface area (TPSA) is 95.9 Å². The number of carbonyl (C=O) groups is 1. The van der Waals surface area contributed by atoms with Crippen LogP contribution in [-0.2, 0) is 27.8 Å². The molecule has 7 nitrogen and oxygen atoms in total. The largest absolute Gasteiger partial charge is 0.481 e. The van der Waals surface area contributed by atoms with Gasteiger partial charge in [0.15, 0.2) is 0 Å². The molecule has 0 radical (unpaired) electrons. The first-order valence-corrected chi connectivity index (χ1v) is 10.1. The van der Waals surface area contributed by atoms with Gasteiger partial charge in [0.2, 0.25) is 10.0 Å². The SMILES string of the molecule is CC#CCOc1ccc(S(=O)(=O)N2Cc3ccccc3C[C@@H]2C(=O)NO)cc1. The van der Waals surface area contributed by atoms with E-state index in [-0.39, 0.29) is 24.5 Å². The quantitative estimate of drug-likeness (QED) is 0.453. The number of rotatable bonds is 5. The fourth-order valence-corrected chi connectivity index (χ4v) is 4.65. The minimum Gasteiger partial charge on any atom is -0.481 e. The van der Waals surface area contributed by atoms with Crippen LogP contribution in [0, 0.1) is 11.8 Å². The number of nitrogens with one attached hydrogen (secondary N) is 1. The summed E-state index contributed by atoms with van der Waals surface area (Å²) in [7, 11) is -3.97. The zero-order valence-electron chi connectivity index (χ0n) is 15.3. The number of carbonyl (C=O) groups excluding carboxylic acids is 1. The highest BCUT2D eigenvalue weighted by Crippen LogP contribution is 2.29. The lowest BCUT2D eigenvalue weighted by molar-refractivity contribution is -0.133. The highest BCUT2D eigenvalue weighted by molar-refractivity contribution is 7.89. The highest BCUT2D eigenvalue weighted by atomic mass is 32.2. The summed E-state index contributed by atoms with van der Waals surface area (Å²) in [4.78, 5) is 12.2. The number of amides is 1. The van der Waals surface area contributed by atoms with Crippen molar-refractivity contribution in [3.63, 3.8) is 0 Å².